The SMILES string of the molecule is CCC(O)CN1CCN(C(=O)c2ccn(C)c(=O)c2)CC1. The van der Waals surface area contributed by atoms with E-state index >= 15 is 0 Å². The van der Waals surface area contributed by atoms with Crippen LogP contribution in [-0.2, 0) is 7.05 Å². The maximum atomic E-state index is 12.4. The fourth-order valence-electron chi connectivity index (χ4n) is 2.42. The molecule has 1 amide bonds. The molecule has 2 heterocycles. The van der Waals surface area contributed by atoms with E-state index in [2.05, 4.69) is 4.90 Å². The van der Waals surface area contributed by atoms with E-state index in [1.165, 1.54) is 10.6 Å². The van der Waals surface area contributed by atoms with Crippen LogP contribution in [0.1, 0.15) is 23.7 Å². The van der Waals surface area contributed by atoms with Gasteiger partial charge in [-0.2, -0.15) is 0 Å². The van der Waals surface area contributed by atoms with E-state index in [1.54, 1.807) is 24.2 Å². The lowest BCUT2D eigenvalue weighted by molar-refractivity contribution is 0.0523. The van der Waals surface area contributed by atoms with Crippen molar-refractivity contribution in [2.75, 3.05) is 32.7 Å². The molecular formula is C15H23N3O3. The molecule has 21 heavy (non-hydrogen) atoms. The van der Waals surface area contributed by atoms with Gasteiger partial charge < -0.3 is 14.6 Å². The zero-order valence-corrected chi connectivity index (χ0v) is 12.7. The van der Waals surface area contributed by atoms with Gasteiger partial charge in [-0.1, -0.05) is 6.92 Å². The fourth-order valence-corrected chi connectivity index (χ4v) is 2.42. The second kappa shape index (κ2) is 6.87. The number of nitrogens with zero attached hydrogens (tertiary/aromatic N) is 3. The third-order valence-corrected chi connectivity index (χ3v) is 3.95. The molecule has 1 aliphatic heterocycles. The largest absolute Gasteiger partial charge is 0.392 e. The van der Waals surface area contributed by atoms with Crippen molar-refractivity contribution in [2.24, 2.45) is 7.05 Å². The lowest BCUT2D eigenvalue weighted by Crippen LogP contribution is -2.50. The molecule has 0 saturated carbocycles. The number of hydrogen-bond donors (Lipinski definition) is 1. The van der Waals surface area contributed by atoms with Gasteiger partial charge in [0.05, 0.1) is 6.10 Å². The fraction of sp³-hybridized carbons (Fsp3) is 0.600. The summed E-state index contributed by atoms with van der Waals surface area (Å²) in [6, 6.07) is 3.06. The van der Waals surface area contributed by atoms with Crippen molar-refractivity contribution in [3.8, 4) is 0 Å². The molecule has 1 fully saturated rings. The molecule has 2 rings (SSSR count). The molecule has 116 valence electrons. The van der Waals surface area contributed by atoms with E-state index in [4.69, 9.17) is 0 Å². The number of carbonyl (C=O) groups excluding carboxylic acids is 1. The number of aryl methyl sites for hydroxylation is 1. The van der Waals surface area contributed by atoms with Gasteiger partial charge >= 0.3 is 0 Å². The molecule has 0 aliphatic carbocycles. The smallest absolute Gasteiger partial charge is 0.254 e. The Morgan fingerprint density at radius 1 is 1.33 bits per heavy atom. The first-order valence-electron chi connectivity index (χ1n) is 7.37. The second-order valence-electron chi connectivity index (χ2n) is 5.52. The number of aliphatic hydroxyl groups is 1. The summed E-state index contributed by atoms with van der Waals surface area (Å²) in [5, 5.41) is 9.66. The molecule has 0 radical (unpaired) electrons. The van der Waals surface area contributed by atoms with Crippen LogP contribution in [0.4, 0.5) is 0 Å². The highest BCUT2D eigenvalue weighted by molar-refractivity contribution is 5.94. The second-order valence-corrected chi connectivity index (χ2v) is 5.52. The Kier molecular flexibility index (Phi) is 5.14. The first kappa shape index (κ1) is 15.7. The van der Waals surface area contributed by atoms with Crippen molar-refractivity contribution in [1.82, 2.24) is 14.4 Å². The number of pyridine rings is 1. The monoisotopic (exact) mass is 293 g/mol. The van der Waals surface area contributed by atoms with E-state index in [0.29, 0.717) is 25.2 Å². The van der Waals surface area contributed by atoms with E-state index in [-0.39, 0.29) is 17.6 Å². The maximum Gasteiger partial charge on any atom is 0.254 e. The minimum absolute atomic E-state index is 0.0941. The van der Waals surface area contributed by atoms with Crippen molar-refractivity contribution >= 4 is 5.91 Å². The van der Waals surface area contributed by atoms with Crippen LogP contribution in [0, 0.1) is 0 Å². The minimum atomic E-state index is -0.301. The lowest BCUT2D eigenvalue weighted by atomic mass is 10.2. The number of piperazine rings is 1. The molecule has 0 bridgehead atoms. The quantitative estimate of drug-likeness (QED) is 0.843. The first-order chi connectivity index (χ1) is 10.0. The van der Waals surface area contributed by atoms with Crippen molar-refractivity contribution in [3.05, 3.63) is 34.2 Å². The van der Waals surface area contributed by atoms with Crippen molar-refractivity contribution in [1.29, 1.82) is 0 Å². The summed E-state index contributed by atoms with van der Waals surface area (Å²) in [7, 11) is 1.66. The predicted octanol–water partition coefficient (Wildman–Crippen LogP) is -0.0860. The summed E-state index contributed by atoms with van der Waals surface area (Å²) in [6.07, 6.45) is 2.06. The molecule has 1 aromatic heterocycles. The topological polar surface area (TPSA) is 65.8 Å². The highest BCUT2D eigenvalue weighted by Crippen LogP contribution is 2.08. The van der Waals surface area contributed by atoms with Gasteiger partial charge in [0, 0.05) is 57.6 Å². The van der Waals surface area contributed by atoms with Crippen LogP contribution >= 0.6 is 0 Å². The zero-order chi connectivity index (χ0) is 15.4. The van der Waals surface area contributed by atoms with Crippen LogP contribution in [0.25, 0.3) is 0 Å². The van der Waals surface area contributed by atoms with Crippen molar-refractivity contribution in [2.45, 2.75) is 19.4 Å². The van der Waals surface area contributed by atoms with E-state index in [0.717, 1.165) is 19.5 Å². The molecule has 1 aromatic rings. The molecule has 1 aliphatic rings. The minimum Gasteiger partial charge on any atom is -0.392 e. The molecule has 1 unspecified atom stereocenters. The summed E-state index contributed by atoms with van der Waals surface area (Å²) in [5.74, 6) is -0.0941. The third kappa shape index (κ3) is 3.92. The van der Waals surface area contributed by atoms with Crippen LogP contribution in [-0.4, -0.2) is 64.2 Å². The van der Waals surface area contributed by atoms with Crippen LogP contribution < -0.4 is 5.56 Å². The number of carbonyl (C=O) groups is 1. The molecule has 6 nitrogen and oxygen atoms in total. The maximum absolute atomic E-state index is 12.4. The van der Waals surface area contributed by atoms with Crippen LogP contribution in [0.3, 0.4) is 0 Å². The molecular weight excluding hydrogens is 270 g/mol. The number of aliphatic hydroxyl groups excluding tert-OH is 1. The summed E-state index contributed by atoms with van der Waals surface area (Å²) in [4.78, 5) is 27.9. The van der Waals surface area contributed by atoms with Gasteiger partial charge in [-0.15, -0.1) is 0 Å². The highest BCUT2D eigenvalue weighted by atomic mass is 16.3. The van der Waals surface area contributed by atoms with Crippen LogP contribution in [0.5, 0.6) is 0 Å². The average Bonchev–Trinajstić information content (AvgIpc) is 2.50. The zero-order valence-electron chi connectivity index (χ0n) is 12.7. The highest BCUT2D eigenvalue weighted by Gasteiger charge is 2.23. The first-order valence-corrected chi connectivity index (χ1v) is 7.37. The number of amides is 1. The summed E-state index contributed by atoms with van der Waals surface area (Å²) in [5.41, 5.74) is 0.269. The summed E-state index contributed by atoms with van der Waals surface area (Å²) in [6.45, 7) is 5.39. The Morgan fingerprint density at radius 2 is 2.00 bits per heavy atom. The number of aromatic nitrogens is 1. The molecule has 6 heteroatoms. The molecule has 0 spiro atoms. The van der Waals surface area contributed by atoms with Gasteiger partial charge in [0.15, 0.2) is 0 Å². The van der Waals surface area contributed by atoms with Crippen LogP contribution in [0.15, 0.2) is 23.1 Å². The van der Waals surface area contributed by atoms with Gasteiger partial charge in [-0.25, -0.2) is 0 Å². The van der Waals surface area contributed by atoms with Gasteiger partial charge in [0.2, 0.25) is 0 Å². The van der Waals surface area contributed by atoms with Gasteiger partial charge in [0.1, 0.15) is 0 Å². The Balaban J connectivity index is 1.94. The molecule has 0 aromatic carbocycles. The Hall–Kier alpha value is -1.66. The van der Waals surface area contributed by atoms with Gasteiger partial charge in [-0.05, 0) is 12.5 Å². The van der Waals surface area contributed by atoms with E-state index < -0.39 is 0 Å². The van der Waals surface area contributed by atoms with Crippen LogP contribution in [0.2, 0.25) is 0 Å². The molecule has 1 N–H and O–H groups in total. The normalized spacial score (nSPS) is 17.8. The molecule has 1 atom stereocenters. The van der Waals surface area contributed by atoms with Gasteiger partial charge in [-0.3, -0.25) is 14.5 Å². The number of rotatable bonds is 4. The predicted molar refractivity (Wildman–Crippen MR) is 80.3 cm³/mol. The van der Waals surface area contributed by atoms with Crippen molar-refractivity contribution in [3.63, 3.8) is 0 Å². The summed E-state index contributed by atoms with van der Waals surface area (Å²) >= 11 is 0. The Bertz CT molecular complexity index is 547. The number of β-amino-alcohol motifs (C(OH)–C–C–N with tert-alkyl or cyclic N) is 1. The average molecular weight is 293 g/mol. The lowest BCUT2D eigenvalue weighted by Gasteiger charge is -2.35. The summed E-state index contributed by atoms with van der Waals surface area (Å²) < 4.78 is 1.45. The molecule has 1 saturated heterocycles. The van der Waals surface area contributed by atoms with E-state index in [9.17, 15) is 14.7 Å². The van der Waals surface area contributed by atoms with Crippen molar-refractivity contribution < 1.29 is 9.90 Å². The third-order valence-electron chi connectivity index (χ3n) is 3.95. The Labute approximate surface area is 124 Å². The van der Waals surface area contributed by atoms with E-state index in [1.807, 2.05) is 6.92 Å². The van der Waals surface area contributed by atoms with Gasteiger partial charge in [0.25, 0.3) is 11.5 Å². The number of hydrogen-bond acceptors (Lipinski definition) is 4. The standard InChI is InChI=1S/C15H23N3O3/c1-3-13(19)11-17-6-8-18(9-7-17)15(21)12-4-5-16(2)14(20)10-12/h4-5,10,13,19H,3,6-9,11H2,1-2H3. The Morgan fingerprint density at radius 3 is 2.57 bits per heavy atom.